The first-order valence-electron chi connectivity index (χ1n) is 7.01. The highest BCUT2D eigenvalue weighted by Gasteiger charge is 2.26. The number of nitrogens with zero attached hydrogens (tertiary/aromatic N) is 1. The number of hydrogen-bond donors (Lipinski definition) is 1. The van der Waals surface area contributed by atoms with Crippen LogP contribution in [0, 0.1) is 0 Å². The minimum absolute atomic E-state index is 0.570. The van der Waals surface area contributed by atoms with Crippen molar-refractivity contribution in [2.75, 3.05) is 23.7 Å². The average molecular weight is 299 g/mol. The lowest BCUT2D eigenvalue weighted by Crippen LogP contribution is -2.45. The molecule has 19 heavy (non-hydrogen) atoms. The molecule has 0 spiro atoms. The zero-order valence-electron chi connectivity index (χ0n) is 11.9. The fraction of sp³-hybridized carbons (Fsp3) is 0.600. The van der Waals surface area contributed by atoms with E-state index in [2.05, 4.69) is 54.9 Å². The van der Waals surface area contributed by atoms with Gasteiger partial charge in [0.1, 0.15) is 0 Å². The molecule has 0 aromatic heterocycles. The van der Waals surface area contributed by atoms with Gasteiger partial charge in [0, 0.05) is 40.8 Å². The second-order valence-electron chi connectivity index (χ2n) is 5.06. The molecule has 1 aliphatic rings. The Hall–Kier alpha value is -0.380. The van der Waals surface area contributed by atoms with Gasteiger partial charge in [-0.3, -0.25) is 0 Å². The van der Waals surface area contributed by atoms with E-state index in [-0.39, 0.29) is 0 Å². The van der Waals surface area contributed by atoms with Gasteiger partial charge in [-0.25, -0.2) is 0 Å². The summed E-state index contributed by atoms with van der Waals surface area (Å²) >= 11 is 8.22. The third kappa shape index (κ3) is 3.59. The summed E-state index contributed by atoms with van der Waals surface area (Å²) in [4.78, 5) is 2.53. The van der Waals surface area contributed by atoms with E-state index in [0.29, 0.717) is 11.3 Å². The van der Waals surface area contributed by atoms with Gasteiger partial charge in [-0.2, -0.15) is 11.8 Å². The Labute approximate surface area is 125 Å². The number of benzene rings is 1. The molecule has 1 N–H and O–H groups in total. The number of rotatable bonds is 4. The lowest BCUT2D eigenvalue weighted by Gasteiger charge is -2.40. The van der Waals surface area contributed by atoms with Crippen molar-refractivity contribution in [3.8, 4) is 0 Å². The summed E-state index contributed by atoms with van der Waals surface area (Å²) in [6.07, 6.45) is 0. The molecule has 4 heteroatoms. The smallest absolute Gasteiger partial charge is 0.0415 e. The molecule has 1 saturated heterocycles. The van der Waals surface area contributed by atoms with Gasteiger partial charge in [0.05, 0.1) is 0 Å². The third-order valence-electron chi connectivity index (χ3n) is 3.80. The van der Waals surface area contributed by atoms with Gasteiger partial charge in [-0.1, -0.05) is 25.4 Å². The SMILES string of the molecule is CCNCc1cc(Cl)ccc1N1CCSC(C)C1C. The minimum Gasteiger partial charge on any atom is -0.367 e. The Balaban J connectivity index is 2.26. The zero-order valence-corrected chi connectivity index (χ0v) is 13.5. The first kappa shape index (κ1) is 15.0. The molecule has 1 aromatic carbocycles. The van der Waals surface area contributed by atoms with Gasteiger partial charge in [-0.05, 0) is 37.2 Å². The van der Waals surface area contributed by atoms with Crippen molar-refractivity contribution in [3.05, 3.63) is 28.8 Å². The van der Waals surface area contributed by atoms with Crippen LogP contribution in [0.15, 0.2) is 18.2 Å². The van der Waals surface area contributed by atoms with Crippen molar-refractivity contribution in [1.29, 1.82) is 0 Å². The Morgan fingerprint density at radius 1 is 1.42 bits per heavy atom. The fourth-order valence-corrected chi connectivity index (χ4v) is 3.80. The molecule has 2 nitrogen and oxygen atoms in total. The van der Waals surface area contributed by atoms with Gasteiger partial charge >= 0.3 is 0 Å². The predicted molar refractivity (Wildman–Crippen MR) is 87.6 cm³/mol. The predicted octanol–water partition coefficient (Wildman–Crippen LogP) is 3.78. The van der Waals surface area contributed by atoms with E-state index < -0.39 is 0 Å². The molecule has 2 unspecified atom stereocenters. The van der Waals surface area contributed by atoms with Crippen LogP contribution in [0.2, 0.25) is 5.02 Å². The molecule has 1 fully saturated rings. The lowest BCUT2D eigenvalue weighted by molar-refractivity contribution is 0.621. The Kier molecular flexibility index (Phi) is 5.43. The van der Waals surface area contributed by atoms with Crippen LogP contribution in [0.5, 0.6) is 0 Å². The second-order valence-corrected chi connectivity index (χ2v) is 6.98. The lowest BCUT2D eigenvalue weighted by atomic mass is 10.1. The van der Waals surface area contributed by atoms with Gasteiger partial charge in [-0.15, -0.1) is 0 Å². The minimum atomic E-state index is 0.570. The highest BCUT2D eigenvalue weighted by atomic mass is 35.5. The summed E-state index contributed by atoms with van der Waals surface area (Å²) in [5, 5.41) is 4.91. The van der Waals surface area contributed by atoms with Crippen LogP contribution >= 0.6 is 23.4 Å². The molecule has 0 saturated carbocycles. The van der Waals surface area contributed by atoms with Crippen molar-refractivity contribution < 1.29 is 0 Å². The van der Waals surface area contributed by atoms with Crippen molar-refractivity contribution in [2.24, 2.45) is 0 Å². The average Bonchev–Trinajstić information content (AvgIpc) is 2.40. The van der Waals surface area contributed by atoms with Crippen LogP contribution in [-0.4, -0.2) is 30.1 Å². The number of nitrogens with one attached hydrogen (secondary N) is 1. The number of halogens is 1. The summed E-state index contributed by atoms with van der Waals surface area (Å²) in [5.41, 5.74) is 2.64. The number of hydrogen-bond acceptors (Lipinski definition) is 3. The number of anilines is 1. The first-order valence-corrected chi connectivity index (χ1v) is 8.43. The number of thioether (sulfide) groups is 1. The van der Waals surface area contributed by atoms with E-state index in [0.717, 1.165) is 24.7 Å². The molecule has 1 aliphatic heterocycles. The molecule has 0 amide bonds. The van der Waals surface area contributed by atoms with Gasteiger partial charge < -0.3 is 10.2 Å². The van der Waals surface area contributed by atoms with Gasteiger partial charge in [0.2, 0.25) is 0 Å². The Bertz CT molecular complexity index is 425. The summed E-state index contributed by atoms with van der Waals surface area (Å²) in [7, 11) is 0. The van der Waals surface area contributed by atoms with Crippen molar-refractivity contribution in [2.45, 2.75) is 38.6 Å². The maximum Gasteiger partial charge on any atom is 0.0415 e. The van der Waals surface area contributed by atoms with Crippen LogP contribution in [-0.2, 0) is 6.54 Å². The standard InChI is InChI=1S/C15H23ClN2S/c1-4-17-10-13-9-14(16)5-6-15(13)18-7-8-19-12(3)11(18)2/h5-6,9,11-12,17H,4,7-8,10H2,1-3H3. The van der Waals surface area contributed by atoms with Gasteiger partial charge in [0.25, 0.3) is 0 Å². The summed E-state index contributed by atoms with van der Waals surface area (Å²) < 4.78 is 0. The van der Waals surface area contributed by atoms with Gasteiger partial charge in [0.15, 0.2) is 0 Å². The zero-order chi connectivity index (χ0) is 13.8. The largest absolute Gasteiger partial charge is 0.367 e. The molecule has 0 aliphatic carbocycles. The van der Waals surface area contributed by atoms with Crippen molar-refractivity contribution in [3.63, 3.8) is 0 Å². The Morgan fingerprint density at radius 3 is 2.95 bits per heavy atom. The van der Waals surface area contributed by atoms with Crippen molar-refractivity contribution in [1.82, 2.24) is 5.32 Å². The van der Waals surface area contributed by atoms with E-state index in [4.69, 9.17) is 11.6 Å². The van der Waals surface area contributed by atoms with Crippen LogP contribution in [0.25, 0.3) is 0 Å². The van der Waals surface area contributed by atoms with Crippen LogP contribution in [0.1, 0.15) is 26.3 Å². The molecular formula is C15H23ClN2S. The van der Waals surface area contributed by atoms with E-state index >= 15 is 0 Å². The molecule has 0 bridgehead atoms. The monoisotopic (exact) mass is 298 g/mol. The molecular weight excluding hydrogens is 276 g/mol. The molecule has 1 aromatic rings. The summed E-state index contributed by atoms with van der Waals surface area (Å²) in [5.74, 6) is 1.20. The fourth-order valence-electron chi connectivity index (χ4n) is 2.51. The Morgan fingerprint density at radius 2 is 2.21 bits per heavy atom. The molecule has 2 atom stereocenters. The highest BCUT2D eigenvalue weighted by Crippen LogP contribution is 2.32. The highest BCUT2D eigenvalue weighted by molar-refractivity contribution is 8.00. The normalized spacial score (nSPS) is 23.7. The topological polar surface area (TPSA) is 15.3 Å². The summed E-state index contributed by atoms with van der Waals surface area (Å²) in [6.45, 7) is 9.76. The van der Waals surface area contributed by atoms with E-state index in [1.165, 1.54) is 17.0 Å². The van der Waals surface area contributed by atoms with Crippen LogP contribution in [0.4, 0.5) is 5.69 Å². The maximum absolute atomic E-state index is 6.15. The molecule has 1 heterocycles. The second kappa shape index (κ2) is 6.87. The van der Waals surface area contributed by atoms with E-state index in [9.17, 15) is 0 Å². The van der Waals surface area contributed by atoms with Crippen molar-refractivity contribution >= 4 is 29.1 Å². The van der Waals surface area contributed by atoms with E-state index in [1.807, 2.05) is 6.07 Å². The third-order valence-corrected chi connectivity index (χ3v) is 5.37. The van der Waals surface area contributed by atoms with Crippen LogP contribution < -0.4 is 10.2 Å². The quantitative estimate of drug-likeness (QED) is 0.911. The summed E-state index contributed by atoms with van der Waals surface area (Å²) in [6, 6.07) is 6.85. The molecule has 106 valence electrons. The van der Waals surface area contributed by atoms with E-state index in [1.54, 1.807) is 0 Å². The van der Waals surface area contributed by atoms with Crippen LogP contribution in [0.3, 0.4) is 0 Å². The first-order chi connectivity index (χ1) is 9.13. The molecule has 2 rings (SSSR count). The molecule has 0 radical (unpaired) electrons. The maximum atomic E-state index is 6.15.